The lowest BCUT2D eigenvalue weighted by molar-refractivity contribution is -0.157. The van der Waals surface area contributed by atoms with Crippen LogP contribution >= 0.6 is 11.6 Å². The minimum atomic E-state index is -0.239. The minimum Gasteiger partial charge on any atom is -0.371 e. The molecular formula is C20H25ClN2O3. The molecule has 0 bridgehead atoms. The molecule has 1 spiro atoms. The van der Waals surface area contributed by atoms with Gasteiger partial charge < -0.3 is 15.0 Å². The number of likely N-dealkylation sites (tertiary alicyclic amines) is 1. The molecule has 1 N–H and O–H groups in total. The molecule has 26 heavy (non-hydrogen) atoms. The molecule has 1 aliphatic carbocycles. The van der Waals surface area contributed by atoms with E-state index in [1.54, 1.807) is 6.07 Å². The van der Waals surface area contributed by atoms with Crippen molar-refractivity contribution in [3.63, 3.8) is 0 Å². The lowest BCUT2D eigenvalue weighted by atomic mass is 9.85. The molecule has 1 aromatic rings. The number of nitrogens with one attached hydrogen (secondary N) is 1. The molecule has 1 aromatic carbocycles. The van der Waals surface area contributed by atoms with Gasteiger partial charge in [-0.1, -0.05) is 29.8 Å². The molecule has 2 heterocycles. The average molecular weight is 377 g/mol. The van der Waals surface area contributed by atoms with Crippen molar-refractivity contribution >= 4 is 23.4 Å². The molecule has 6 heteroatoms. The third-order valence-electron chi connectivity index (χ3n) is 5.66. The summed E-state index contributed by atoms with van der Waals surface area (Å²) in [7, 11) is 0. The maximum Gasteiger partial charge on any atom is 0.227 e. The number of halogens is 1. The van der Waals surface area contributed by atoms with Gasteiger partial charge in [0.1, 0.15) is 5.60 Å². The van der Waals surface area contributed by atoms with Crippen LogP contribution in [0.25, 0.3) is 0 Å². The smallest absolute Gasteiger partial charge is 0.227 e. The number of hydrogen-bond acceptors (Lipinski definition) is 3. The molecule has 140 valence electrons. The largest absolute Gasteiger partial charge is 0.371 e. The van der Waals surface area contributed by atoms with E-state index in [1.807, 2.05) is 23.1 Å². The third kappa shape index (κ3) is 4.04. The number of carbonyl (C=O) groups excluding carboxylic acids is 2. The number of nitrogens with zero attached hydrogens (tertiary/aromatic N) is 1. The van der Waals surface area contributed by atoms with Gasteiger partial charge in [0.2, 0.25) is 11.8 Å². The Morgan fingerprint density at radius 1 is 1.23 bits per heavy atom. The van der Waals surface area contributed by atoms with E-state index in [9.17, 15) is 9.59 Å². The second kappa shape index (κ2) is 7.20. The predicted molar refractivity (Wildman–Crippen MR) is 98.9 cm³/mol. The first kappa shape index (κ1) is 17.8. The fourth-order valence-electron chi connectivity index (χ4n) is 3.95. The average Bonchev–Trinajstić information content (AvgIpc) is 3.32. The van der Waals surface area contributed by atoms with Crippen molar-refractivity contribution in [1.29, 1.82) is 0 Å². The maximum atomic E-state index is 12.4. The fraction of sp³-hybridized carbons (Fsp3) is 0.600. The zero-order valence-corrected chi connectivity index (χ0v) is 15.6. The third-order valence-corrected chi connectivity index (χ3v) is 6.02. The van der Waals surface area contributed by atoms with E-state index in [-0.39, 0.29) is 23.3 Å². The van der Waals surface area contributed by atoms with Gasteiger partial charge in [-0.15, -0.1) is 0 Å². The molecule has 5 nitrogen and oxygen atoms in total. The summed E-state index contributed by atoms with van der Waals surface area (Å²) in [6.45, 7) is 2.68. The number of rotatable bonds is 6. The molecule has 2 aliphatic heterocycles. The van der Waals surface area contributed by atoms with Crippen LogP contribution < -0.4 is 5.32 Å². The van der Waals surface area contributed by atoms with E-state index in [2.05, 4.69) is 5.32 Å². The molecule has 3 fully saturated rings. The van der Waals surface area contributed by atoms with E-state index in [0.717, 1.165) is 18.5 Å². The van der Waals surface area contributed by atoms with Crippen molar-refractivity contribution in [2.75, 3.05) is 26.2 Å². The summed E-state index contributed by atoms with van der Waals surface area (Å²) in [4.78, 5) is 26.3. The Bertz CT molecular complexity index is 698. The highest BCUT2D eigenvalue weighted by molar-refractivity contribution is 6.31. The van der Waals surface area contributed by atoms with Gasteiger partial charge in [-0.3, -0.25) is 9.59 Å². The first-order valence-corrected chi connectivity index (χ1v) is 9.83. The van der Waals surface area contributed by atoms with E-state index in [0.29, 0.717) is 43.5 Å². The number of amides is 2. The standard InChI is InChI=1S/C20H25ClN2O3/c21-17-4-2-1-3-16(17)8-19(25)23-12-20(13-23)9-15(11-26-20)7-18(24)22-10-14-5-6-14/h1-4,14-15H,5-13H2,(H,22,24). The molecule has 3 aliphatic rings. The Labute approximate surface area is 159 Å². The van der Waals surface area contributed by atoms with Gasteiger partial charge >= 0.3 is 0 Å². The fourth-order valence-corrected chi connectivity index (χ4v) is 4.15. The monoisotopic (exact) mass is 376 g/mol. The molecule has 4 rings (SSSR count). The molecule has 1 atom stereocenters. The summed E-state index contributed by atoms with van der Waals surface area (Å²) in [5.74, 6) is 1.18. The number of carbonyl (C=O) groups is 2. The Morgan fingerprint density at radius 3 is 2.73 bits per heavy atom. The maximum absolute atomic E-state index is 12.4. The van der Waals surface area contributed by atoms with Crippen LogP contribution in [-0.2, 0) is 20.7 Å². The predicted octanol–water partition coefficient (Wildman–Crippen LogP) is 2.42. The SMILES string of the molecule is O=C(CC1COC2(C1)CN(C(=O)Cc1ccccc1Cl)C2)NCC1CC1. The van der Waals surface area contributed by atoms with Gasteiger partial charge in [-0.05, 0) is 42.7 Å². The van der Waals surface area contributed by atoms with Gasteiger partial charge in [0.25, 0.3) is 0 Å². The number of hydrogen-bond donors (Lipinski definition) is 1. The van der Waals surface area contributed by atoms with E-state index in [1.165, 1.54) is 12.8 Å². The summed E-state index contributed by atoms with van der Waals surface area (Å²) < 4.78 is 5.98. The normalized spacial score (nSPS) is 23.7. The number of ether oxygens (including phenoxy) is 1. The van der Waals surface area contributed by atoms with Gasteiger partial charge in [0.05, 0.1) is 26.1 Å². The van der Waals surface area contributed by atoms with E-state index in [4.69, 9.17) is 16.3 Å². The molecule has 0 radical (unpaired) electrons. The highest BCUT2D eigenvalue weighted by Crippen LogP contribution is 2.39. The quantitative estimate of drug-likeness (QED) is 0.829. The summed E-state index contributed by atoms with van der Waals surface area (Å²) in [5, 5.41) is 3.65. The van der Waals surface area contributed by atoms with Crippen molar-refractivity contribution in [2.45, 2.75) is 37.7 Å². The van der Waals surface area contributed by atoms with Crippen LogP contribution in [0.1, 0.15) is 31.2 Å². The van der Waals surface area contributed by atoms with Crippen molar-refractivity contribution < 1.29 is 14.3 Å². The molecule has 0 aromatic heterocycles. The van der Waals surface area contributed by atoms with Crippen LogP contribution in [0.4, 0.5) is 0 Å². The zero-order chi connectivity index (χ0) is 18.1. The van der Waals surface area contributed by atoms with Crippen molar-refractivity contribution in [3.05, 3.63) is 34.9 Å². The zero-order valence-electron chi connectivity index (χ0n) is 14.9. The van der Waals surface area contributed by atoms with Crippen molar-refractivity contribution in [2.24, 2.45) is 11.8 Å². The summed E-state index contributed by atoms with van der Waals surface area (Å²) >= 11 is 6.14. The van der Waals surface area contributed by atoms with Gasteiger partial charge in [0.15, 0.2) is 0 Å². The Hall–Kier alpha value is -1.59. The van der Waals surface area contributed by atoms with Crippen molar-refractivity contribution in [3.8, 4) is 0 Å². The topological polar surface area (TPSA) is 58.6 Å². The van der Waals surface area contributed by atoms with Crippen LogP contribution in [-0.4, -0.2) is 48.6 Å². The minimum absolute atomic E-state index is 0.0814. The van der Waals surface area contributed by atoms with Crippen molar-refractivity contribution in [1.82, 2.24) is 10.2 Å². The van der Waals surface area contributed by atoms with Gasteiger partial charge in [0, 0.05) is 18.0 Å². The summed E-state index contributed by atoms with van der Waals surface area (Å²) in [5.41, 5.74) is 0.620. The van der Waals surface area contributed by atoms with Crippen LogP contribution in [0.3, 0.4) is 0 Å². The highest BCUT2D eigenvalue weighted by Gasteiger charge is 2.51. The second-order valence-electron chi connectivity index (χ2n) is 8.03. The number of benzene rings is 1. The molecule has 2 amide bonds. The van der Waals surface area contributed by atoms with Crippen LogP contribution in [0, 0.1) is 11.8 Å². The van der Waals surface area contributed by atoms with Crippen LogP contribution in [0.15, 0.2) is 24.3 Å². The van der Waals surface area contributed by atoms with E-state index >= 15 is 0 Å². The van der Waals surface area contributed by atoms with E-state index < -0.39 is 0 Å². The molecular weight excluding hydrogens is 352 g/mol. The lowest BCUT2D eigenvalue weighted by Crippen LogP contribution is -2.63. The highest BCUT2D eigenvalue weighted by atomic mass is 35.5. The second-order valence-corrected chi connectivity index (χ2v) is 8.44. The summed E-state index contributed by atoms with van der Waals surface area (Å²) in [6, 6.07) is 7.45. The van der Waals surface area contributed by atoms with Crippen LogP contribution in [0.5, 0.6) is 0 Å². The molecule has 1 saturated carbocycles. The Morgan fingerprint density at radius 2 is 2.00 bits per heavy atom. The molecule has 1 unspecified atom stereocenters. The lowest BCUT2D eigenvalue weighted by Gasteiger charge is -2.47. The summed E-state index contributed by atoms with van der Waals surface area (Å²) in [6.07, 6.45) is 4.20. The first-order valence-electron chi connectivity index (χ1n) is 9.45. The van der Waals surface area contributed by atoms with Crippen LogP contribution in [0.2, 0.25) is 5.02 Å². The molecule has 2 saturated heterocycles. The van der Waals surface area contributed by atoms with Gasteiger partial charge in [-0.2, -0.15) is 0 Å². The Balaban J connectivity index is 1.22. The Kier molecular flexibility index (Phi) is 4.93. The first-order chi connectivity index (χ1) is 12.5. The van der Waals surface area contributed by atoms with Gasteiger partial charge in [-0.25, -0.2) is 0 Å².